The van der Waals surface area contributed by atoms with E-state index in [9.17, 15) is 4.79 Å². The van der Waals surface area contributed by atoms with Crippen molar-refractivity contribution < 1.29 is 14.3 Å². The molecular formula is C19H23NO3. The Labute approximate surface area is 136 Å². The van der Waals surface area contributed by atoms with E-state index in [1.807, 2.05) is 36.9 Å². The zero-order chi connectivity index (χ0) is 16.4. The molecule has 1 N–H and O–H groups in total. The first kappa shape index (κ1) is 15.8. The summed E-state index contributed by atoms with van der Waals surface area (Å²) >= 11 is 0. The molecule has 1 saturated heterocycles. The van der Waals surface area contributed by atoms with E-state index in [1.165, 1.54) is 5.56 Å². The van der Waals surface area contributed by atoms with Crippen LogP contribution in [0, 0.1) is 19.8 Å². The van der Waals surface area contributed by atoms with Gasteiger partial charge in [0.15, 0.2) is 0 Å². The first-order chi connectivity index (χ1) is 11.1. The van der Waals surface area contributed by atoms with E-state index >= 15 is 0 Å². The van der Waals surface area contributed by atoms with E-state index in [-0.39, 0.29) is 12.5 Å². The van der Waals surface area contributed by atoms with Crippen molar-refractivity contribution in [1.29, 1.82) is 0 Å². The highest BCUT2D eigenvalue weighted by Crippen LogP contribution is 2.24. The van der Waals surface area contributed by atoms with Crippen LogP contribution in [0.4, 0.5) is 0 Å². The van der Waals surface area contributed by atoms with Crippen molar-refractivity contribution in [3.8, 4) is 0 Å². The lowest BCUT2D eigenvalue weighted by atomic mass is 9.98. The van der Waals surface area contributed by atoms with Crippen molar-refractivity contribution in [3.63, 3.8) is 0 Å². The predicted molar refractivity (Wildman–Crippen MR) is 88.3 cm³/mol. The van der Waals surface area contributed by atoms with Gasteiger partial charge in [0, 0.05) is 13.1 Å². The number of aliphatic hydroxyl groups is 1. The summed E-state index contributed by atoms with van der Waals surface area (Å²) in [5.74, 6) is 2.06. The van der Waals surface area contributed by atoms with Gasteiger partial charge in [-0.25, -0.2) is 0 Å². The van der Waals surface area contributed by atoms with Gasteiger partial charge in [-0.2, -0.15) is 0 Å². The van der Waals surface area contributed by atoms with Crippen LogP contribution in [-0.2, 0) is 13.0 Å². The highest BCUT2D eigenvalue weighted by atomic mass is 16.3. The molecule has 1 unspecified atom stereocenters. The molecule has 1 aliphatic rings. The Morgan fingerprint density at radius 3 is 2.57 bits per heavy atom. The van der Waals surface area contributed by atoms with Gasteiger partial charge in [-0.15, -0.1) is 0 Å². The largest absolute Gasteiger partial charge is 0.466 e. The second-order valence-electron chi connectivity index (χ2n) is 6.41. The van der Waals surface area contributed by atoms with E-state index in [2.05, 4.69) is 12.1 Å². The molecule has 1 amide bonds. The third-order valence-corrected chi connectivity index (χ3v) is 4.57. The summed E-state index contributed by atoms with van der Waals surface area (Å²) < 4.78 is 5.47. The van der Waals surface area contributed by atoms with Gasteiger partial charge >= 0.3 is 0 Å². The summed E-state index contributed by atoms with van der Waals surface area (Å²) in [4.78, 5) is 14.5. The van der Waals surface area contributed by atoms with E-state index in [4.69, 9.17) is 9.52 Å². The maximum atomic E-state index is 12.6. The fraction of sp³-hybridized carbons (Fsp3) is 0.421. The number of likely N-dealkylation sites (tertiary alicyclic amines) is 1. The fourth-order valence-electron chi connectivity index (χ4n) is 3.31. The summed E-state index contributed by atoms with van der Waals surface area (Å²) in [7, 11) is 0. The van der Waals surface area contributed by atoms with Crippen molar-refractivity contribution in [2.24, 2.45) is 5.92 Å². The van der Waals surface area contributed by atoms with Gasteiger partial charge in [0.2, 0.25) is 0 Å². The van der Waals surface area contributed by atoms with E-state index < -0.39 is 0 Å². The standard InChI is InChI=1S/C19H23NO3/c1-13-9-18(14(2)23-13)19(22)20-8-7-17(11-20)10-15-3-5-16(12-21)6-4-15/h3-6,9,17,21H,7-8,10-12H2,1-2H3. The molecule has 0 spiro atoms. The monoisotopic (exact) mass is 313 g/mol. The molecule has 23 heavy (non-hydrogen) atoms. The fourth-order valence-corrected chi connectivity index (χ4v) is 3.31. The van der Waals surface area contributed by atoms with Gasteiger partial charge in [0.1, 0.15) is 11.5 Å². The molecule has 0 aliphatic carbocycles. The Morgan fingerprint density at radius 1 is 1.26 bits per heavy atom. The number of aryl methyl sites for hydroxylation is 2. The maximum absolute atomic E-state index is 12.6. The zero-order valence-corrected chi connectivity index (χ0v) is 13.7. The first-order valence-electron chi connectivity index (χ1n) is 8.12. The SMILES string of the molecule is Cc1cc(C(=O)N2CCC(Cc3ccc(CO)cc3)C2)c(C)o1. The third kappa shape index (κ3) is 3.48. The summed E-state index contributed by atoms with van der Waals surface area (Å²) in [6.07, 6.45) is 2.00. The van der Waals surface area contributed by atoms with Crippen molar-refractivity contribution in [2.45, 2.75) is 33.3 Å². The molecule has 0 radical (unpaired) electrons. The van der Waals surface area contributed by atoms with Gasteiger partial charge in [0.25, 0.3) is 5.91 Å². The second-order valence-corrected chi connectivity index (χ2v) is 6.41. The van der Waals surface area contributed by atoms with Crippen molar-refractivity contribution >= 4 is 5.91 Å². The number of hydrogen-bond donors (Lipinski definition) is 1. The van der Waals surface area contributed by atoms with Gasteiger partial charge in [-0.3, -0.25) is 4.79 Å². The maximum Gasteiger partial charge on any atom is 0.257 e. The molecule has 1 aliphatic heterocycles. The Bertz CT molecular complexity index is 687. The molecular weight excluding hydrogens is 290 g/mol. The van der Waals surface area contributed by atoms with Crippen LogP contribution in [0.1, 0.15) is 39.4 Å². The molecule has 4 heteroatoms. The Kier molecular flexibility index (Phi) is 4.53. The third-order valence-electron chi connectivity index (χ3n) is 4.57. The van der Waals surface area contributed by atoms with Crippen molar-refractivity contribution in [2.75, 3.05) is 13.1 Å². The van der Waals surface area contributed by atoms with Crippen LogP contribution in [0.15, 0.2) is 34.7 Å². The summed E-state index contributed by atoms with van der Waals surface area (Å²) in [5.41, 5.74) is 2.88. The van der Waals surface area contributed by atoms with Crippen LogP contribution in [0.25, 0.3) is 0 Å². The number of benzene rings is 1. The smallest absolute Gasteiger partial charge is 0.257 e. The predicted octanol–water partition coefficient (Wildman–Crippen LogP) is 3.09. The highest BCUT2D eigenvalue weighted by molar-refractivity contribution is 5.95. The molecule has 2 aromatic rings. The molecule has 2 heterocycles. The Hall–Kier alpha value is -2.07. The topological polar surface area (TPSA) is 53.7 Å². The summed E-state index contributed by atoms with van der Waals surface area (Å²) in [6.45, 7) is 5.39. The first-order valence-corrected chi connectivity index (χ1v) is 8.12. The molecule has 0 saturated carbocycles. The lowest BCUT2D eigenvalue weighted by Crippen LogP contribution is -2.29. The minimum Gasteiger partial charge on any atom is -0.466 e. The molecule has 1 aromatic carbocycles. The van der Waals surface area contributed by atoms with Crippen LogP contribution >= 0.6 is 0 Å². The summed E-state index contributed by atoms with van der Waals surface area (Å²) in [5, 5.41) is 9.09. The minimum atomic E-state index is 0.0788. The zero-order valence-electron chi connectivity index (χ0n) is 13.7. The Balaban J connectivity index is 1.61. The quantitative estimate of drug-likeness (QED) is 0.943. The van der Waals surface area contributed by atoms with Crippen LogP contribution in [0.3, 0.4) is 0 Å². The van der Waals surface area contributed by atoms with Crippen LogP contribution in [0.5, 0.6) is 0 Å². The number of furan rings is 1. The number of carbonyl (C=O) groups is 1. The molecule has 3 rings (SSSR count). The minimum absolute atomic E-state index is 0.0788. The number of aliphatic hydroxyl groups excluding tert-OH is 1. The van der Waals surface area contributed by atoms with Crippen LogP contribution in [0.2, 0.25) is 0 Å². The molecule has 1 fully saturated rings. The average Bonchev–Trinajstić information content (AvgIpc) is 3.14. The molecule has 1 aromatic heterocycles. The van der Waals surface area contributed by atoms with Crippen molar-refractivity contribution in [3.05, 3.63) is 58.5 Å². The number of hydrogen-bond acceptors (Lipinski definition) is 3. The normalized spacial score (nSPS) is 17.7. The molecule has 1 atom stereocenters. The molecule has 4 nitrogen and oxygen atoms in total. The van der Waals surface area contributed by atoms with Gasteiger partial charge < -0.3 is 14.4 Å². The number of rotatable bonds is 4. The van der Waals surface area contributed by atoms with Gasteiger partial charge in [-0.05, 0) is 49.8 Å². The number of carbonyl (C=O) groups excluding carboxylic acids is 1. The molecule has 122 valence electrons. The number of nitrogens with zero attached hydrogens (tertiary/aromatic N) is 1. The lowest BCUT2D eigenvalue weighted by molar-refractivity contribution is 0.0785. The van der Waals surface area contributed by atoms with Gasteiger partial charge in [-0.1, -0.05) is 24.3 Å². The highest BCUT2D eigenvalue weighted by Gasteiger charge is 2.28. The van der Waals surface area contributed by atoms with Crippen molar-refractivity contribution in [1.82, 2.24) is 4.90 Å². The summed E-state index contributed by atoms with van der Waals surface area (Å²) in [6, 6.07) is 9.90. The average molecular weight is 313 g/mol. The van der Waals surface area contributed by atoms with E-state index in [0.717, 1.165) is 37.3 Å². The van der Waals surface area contributed by atoms with E-state index in [0.29, 0.717) is 17.2 Å². The van der Waals surface area contributed by atoms with Crippen LogP contribution in [-0.4, -0.2) is 29.0 Å². The second kappa shape index (κ2) is 6.59. The van der Waals surface area contributed by atoms with Gasteiger partial charge in [0.05, 0.1) is 12.2 Å². The molecule has 0 bridgehead atoms. The van der Waals surface area contributed by atoms with Crippen LogP contribution < -0.4 is 0 Å². The lowest BCUT2D eigenvalue weighted by Gasteiger charge is -2.16. The number of amides is 1. The Morgan fingerprint density at radius 2 is 1.96 bits per heavy atom. The van der Waals surface area contributed by atoms with E-state index in [1.54, 1.807) is 0 Å².